The number of aliphatic hydroxyl groups is 1. The highest BCUT2D eigenvalue weighted by Gasteiger charge is 2.33. The van der Waals surface area contributed by atoms with Gasteiger partial charge in [-0.15, -0.1) is 0 Å². The zero-order chi connectivity index (χ0) is 12.6. The topological polar surface area (TPSA) is 95.6 Å². The molecule has 16 heavy (non-hydrogen) atoms. The molecule has 5 nitrogen and oxygen atoms in total. The molecule has 0 aromatic heterocycles. The number of nitrogens with one attached hydrogen (secondary N) is 1. The molecule has 0 aromatic rings. The maximum absolute atomic E-state index is 11.1. The zero-order valence-electron chi connectivity index (χ0n) is 9.78. The molecule has 0 aliphatic carbocycles. The van der Waals surface area contributed by atoms with Gasteiger partial charge in [0.2, 0.25) is 0 Å². The molecule has 0 aliphatic rings. The minimum absolute atomic E-state index is 0.0432. The van der Waals surface area contributed by atoms with Crippen LogP contribution >= 0.6 is 0 Å². The zero-order valence-corrected chi connectivity index (χ0v) is 9.78. The second-order valence-electron chi connectivity index (χ2n) is 4.17. The van der Waals surface area contributed by atoms with Crippen molar-refractivity contribution in [1.29, 1.82) is 0 Å². The molecular formula is C10H21BN2O3. The van der Waals surface area contributed by atoms with Crippen LogP contribution in [0.3, 0.4) is 0 Å². The van der Waals surface area contributed by atoms with Gasteiger partial charge in [0.05, 0.1) is 14.5 Å². The van der Waals surface area contributed by atoms with Crippen molar-refractivity contribution < 1.29 is 15.0 Å². The van der Waals surface area contributed by atoms with Gasteiger partial charge in [-0.05, 0) is 13.3 Å². The van der Waals surface area contributed by atoms with Crippen molar-refractivity contribution in [2.75, 3.05) is 13.2 Å². The van der Waals surface area contributed by atoms with Crippen LogP contribution in [-0.2, 0) is 4.79 Å². The van der Waals surface area contributed by atoms with Crippen LogP contribution < -0.4 is 11.1 Å². The normalized spacial score (nSPS) is 16.7. The number of rotatable bonds is 9. The SMILES string of the molecule is [B]CCCCC(N)(CN[C@H](C)CO)C(=O)O. The fraction of sp³-hybridized carbons (Fsp3) is 0.900. The molecule has 0 bridgehead atoms. The van der Waals surface area contributed by atoms with E-state index >= 15 is 0 Å². The van der Waals surface area contributed by atoms with Gasteiger partial charge in [0, 0.05) is 12.6 Å². The molecule has 0 aliphatic heterocycles. The summed E-state index contributed by atoms with van der Waals surface area (Å²) in [5, 5.41) is 20.8. The molecule has 0 fully saturated rings. The number of aliphatic hydroxyl groups excluding tert-OH is 1. The Labute approximate surface area is 97.8 Å². The van der Waals surface area contributed by atoms with E-state index in [4.69, 9.17) is 23.8 Å². The fourth-order valence-corrected chi connectivity index (χ4v) is 1.28. The first-order chi connectivity index (χ1) is 7.46. The van der Waals surface area contributed by atoms with Crippen molar-refractivity contribution >= 4 is 13.8 Å². The first-order valence-corrected chi connectivity index (χ1v) is 5.53. The lowest BCUT2D eigenvalue weighted by molar-refractivity contribution is -0.143. The summed E-state index contributed by atoms with van der Waals surface area (Å²) in [7, 11) is 5.34. The van der Waals surface area contributed by atoms with Crippen molar-refractivity contribution in [2.24, 2.45) is 5.73 Å². The first-order valence-electron chi connectivity index (χ1n) is 5.53. The van der Waals surface area contributed by atoms with Crippen molar-refractivity contribution in [3.05, 3.63) is 0 Å². The monoisotopic (exact) mass is 228 g/mol. The molecule has 2 radical (unpaired) electrons. The summed E-state index contributed by atoms with van der Waals surface area (Å²) in [5.41, 5.74) is 4.52. The molecule has 0 aromatic carbocycles. The van der Waals surface area contributed by atoms with E-state index in [1.807, 2.05) is 0 Å². The summed E-state index contributed by atoms with van der Waals surface area (Å²) in [6.07, 6.45) is 2.37. The lowest BCUT2D eigenvalue weighted by atomic mass is 9.90. The van der Waals surface area contributed by atoms with Crippen LogP contribution in [0.25, 0.3) is 0 Å². The number of carbonyl (C=O) groups is 1. The van der Waals surface area contributed by atoms with E-state index in [1.165, 1.54) is 0 Å². The number of hydrogen-bond acceptors (Lipinski definition) is 4. The molecule has 5 N–H and O–H groups in total. The lowest BCUT2D eigenvalue weighted by Gasteiger charge is -2.26. The minimum Gasteiger partial charge on any atom is -0.480 e. The highest BCUT2D eigenvalue weighted by atomic mass is 16.4. The molecule has 0 heterocycles. The summed E-state index contributed by atoms with van der Waals surface area (Å²) in [4.78, 5) is 11.1. The van der Waals surface area contributed by atoms with Crippen LogP contribution in [0.15, 0.2) is 0 Å². The van der Waals surface area contributed by atoms with E-state index in [1.54, 1.807) is 6.92 Å². The van der Waals surface area contributed by atoms with Crippen LogP contribution in [0.2, 0.25) is 6.32 Å². The second kappa shape index (κ2) is 7.65. The molecule has 0 spiro atoms. The first kappa shape index (κ1) is 15.4. The van der Waals surface area contributed by atoms with Gasteiger partial charge in [-0.2, -0.15) is 0 Å². The largest absolute Gasteiger partial charge is 0.480 e. The third kappa shape index (κ3) is 5.49. The van der Waals surface area contributed by atoms with E-state index in [0.29, 0.717) is 19.2 Å². The molecular weight excluding hydrogens is 207 g/mol. The van der Waals surface area contributed by atoms with Crippen LogP contribution in [-0.4, -0.2) is 48.8 Å². The van der Waals surface area contributed by atoms with Crippen molar-refractivity contribution in [1.82, 2.24) is 5.32 Å². The van der Waals surface area contributed by atoms with E-state index in [-0.39, 0.29) is 19.2 Å². The van der Waals surface area contributed by atoms with Gasteiger partial charge in [-0.25, -0.2) is 0 Å². The fourth-order valence-electron chi connectivity index (χ4n) is 1.28. The molecule has 0 amide bonds. The Hall–Kier alpha value is -0.585. The molecule has 6 heteroatoms. The summed E-state index contributed by atoms with van der Waals surface area (Å²) in [6, 6.07) is -0.156. The molecule has 0 saturated heterocycles. The quantitative estimate of drug-likeness (QED) is 0.315. The average molecular weight is 228 g/mol. The maximum Gasteiger partial charge on any atom is 0.325 e. The van der Waals surface area contributed by atoms with Gasteiger partial charge in [0.15, 0.2) is 0 Å². The number of unbranched alkanes of at least 4 members (excludes halogenated alkanes) is 1. The predicted molar refractivity (Wildman–Crippen MR) is 63.5 cm³/mol. The van der Waals surface area contributed by atoms with Crippen LogP contribution in [0, 0.1) is 0 Å². The number of carboxylic acids is 1. The molecule has 92 valence electrons. The second-order valence-corrected chi connectivity index (χ2v) is 4.17. The number of hydrogen-bond donors (Lipinski definition) is 4. The number of nitrogens with two attached hydrogens (primary N) is 1. The Morgan fingerprint density at radius 3 is 2.62 bits per heavy atom. The third-order valence-electron chi connectivity index (χ3n) is 2.54. The predicted octanol–water partition coefficient (Wildman–Crippen LogP) is -0.504. The van der Waals surface area contributed by atoms with Crippen LogP contribution in [0.1, 0.15) is 26.2 Å². The smallest absolute Gasteiger partial charge is 0.325 e. The summed E-state index contributed by atoms with van der Waals surface area (Å²) < 4.78 is 0. The van der Waals surface area contributed by atoms with Crippen molar-refractivity contribution in [3.8, 4) is 0 Å². The molecule has 2 atom stereocenters. The summed E-state index contributed by atoms with van der Waals surface area (Å²) in [5.74, 6) is -1.03. The number of carboxylic acid groups (broad SMARTS) is 1. The summed E-state index contributed by atoms with van der Waals surface area (Å²) in [6.45, 7) is 1.87. The Balaban J connectivity index is 4.17. The Morgan fingerprint density at radius 2 is 2.19 bits per heavy atom. The maximum atomic E-state index is 11.1. The molecule has 0 saturated carbocycles. The van der Waals surface area contributed by atoms with E-state index in [9.17, 15) is 4.79 Å². The minimum atomic E-state index is -1.28. The van der Waals surface area contributed by atoms with E-state index < -0.39 is 11.5 Å². The Morgan fingerprint density at radius 1 is 1.56 bits per heavy atom. The molecule has 0 rings (SSSR count). The van der Waals surface area contributed by atoms with Gasteiger partial charge < -0.3 is 21.3 Å². The van der Waals surface area contributed by atoms with Gasteiger partial charge >= 0.3 is 5.97 Å². The van der Waals surface area contributed by atoms with Crippen molar-refractivity contribution in [2.45, 2.75) is 44.1 Å². The highest BCUT2D eigenvalue weighted by Crippen LogP contribution is 2.12. The average Bonchev–Trinajstić information content (AvgIpc) is 2.26. The van der Waals surface area contributed by atoms with Gasteiger partial charge in [0.25, 0.3) is 0 Å². The summed E-state index contributed by atoms with van der Waals surface area (Å²) >= 11 is 0. The van der Waals surface area contributed by atoms with E-state index in [2.05, 4.69) is 5.32 Å². The van der Waals surface area contributed by atoms with Crippen LogP contribution in [0.5, 0.6) is 0 Å². The lowest BCUT2D eigenvalue weighted by Crippen LogP contribution is -2.56. The van der Waals surface area contributed by atoms with Gasteiger partial charge in [0.1, 0.15) is 5.54 Å². The molecule has 1 unspecified atom stereocenters. The Kier molecular flexibility index (Phi) is 7.37. The van der Waals surface area contributed by atoms with Gasteiger partial charge in [-0.3, -0.25) is 4.79 Å². The highest BCUT2D eigenvalue weighted by molar-refractivity contribution is 6.08. The van der Waals surface area contributed by atoms with Gasteiger partial charge in [-0.1, -0.05) is 19.2 Å². The third-order valence-corrected chi connectivity index (χ3v) is 2.54. The van der Waals surface area contributed by atoms with Crippen molar-refractivity contribution in [3.63, 3.8) is 0 Å². The standard InChI is InChI=1S/C10H21BN2O3/c1-8(6-14)13-7-10(12,9(15)16)4-2-3-5-11/h8,13-14H,2-7,12H2,1H3,(H,15,16)/t8-,10?/m1/s1. The Bertz CT molecular complexity index is 216. The van der Waals surface area contributed by atoms with Crippen LogP contribution in [0.4, 0.5) is 0 Å². The number of aliphatic carboxylic acids is 1. The van der Waals surface area contributed by atoms with E-state index in [0.717, 1.165) is 6.42 Å².